The summed E-state index contributed by atoms with van der Waals surface area (Å²) in [6, 6.07) is 8.32. The topological polar surface area (TPSA) is 56.7 Å². The molecule has 1 heterocycles. The number of carbonyl (C=O) groups is 1. The van der Waals surface area contributed by atoms with Crippen molar-refractivity contribution in [2.45, 2.75) is 65.0 Å². The number of guanidine groups is 1. The number of amides is 1. The van der Waals surface area contributed by atoms with E-state index in [1.54, 1.807) is 5.57 Å². The molecule has 0 spiro atoms. The van der Waals surface area contributed by atoms with Gasteiger partial charge in [0, 0.05) is 39.1 Å². The summed E-state index contributed by atoms with van der Waals surface area (Å²) < 4.78 is 0. The van der Waals surface area contributed by atoms with Crippen LogP contribution in [0.1, 0.15) is 63.0 Å². The first-order valence-corrected chi connectivity index (χ1v) is 10.8. The van der Waals surface area contributed by atoms with E-state index >= 15 is 0 Å². The van der Waals surface area contributed by atoms with E-state index in [4.69, 9.17) is 0 Å². The van der Waals surface area contributed by atoms with Crippen LogP contribution in [0.3, 0.4) is 0 Å². The van der Waals surface area contributed by atoms with E-state index in [9.17, 15) is 4.79 Å². The summed E-state index contributed by atoms with van der Waals surface area (Å²) in [5.41, 5.74) is 4.13. The predicted octanol–water partition coefficient (Wildman–Crippen LogP) is 3.75. The minimum Gasteiger partial charge on any atom is -0.357 e. The normalized spacial score (nSPS) is 16.5. The first-order chi connectivity index (χ1) is 13.8. The van der Waals surface area contributed by atoms with Gasteiger partial charge in [0.05, 0.1) is 0 Å². The lowest BCUT2D eigenvalue weighted by molar-refractivity contribution is -0.131. The van der Waals surface area contributed by atoms with Crippen LogP contribution < -0.4 is 10.6 Å². The Morgan fingerprint density at radius 1 is 1.14 bits per heavy atom. The van der Waals surface area contributed by atoms with Crippen molar-refractivity contribution < 1.29 is 4.79 Å². The molecule has 5 heteroatoms. The fourth-order valence-corrected chi connectivity index (χ4v) is 3.90. The number of benzene rings is 1. The number of rotatable bonds is 8. The second-order valence-electron chi connectivity index (χ2n) is 7.67. The number of hydrogen-bond donors (Lipinski definition) is 2. The summed E-state index contributed by atoms with van der Waals surface area (Å²) in [4.78, 5) is 19.1. The maximum absolute atomic E-state index is 12.5. The summed E-state index contributed by atoms with van der Waals surface area (Å²) in [5.74, 6) is 1.09. The number of carbonyl (C=O) groups excluding carboxylic acids is 1. The molecule has 1 aromatic rings. The third-order valence-electron chi connectivity index (χ3n) is 5.48. The number of allylic oxidation sites excluding steroid dienone is 1. The van der Waals surface area contributed by atoms with E-state index in [1.165, 1.54) is 36.8 Å². The second-order valence-corrected chi connectivity index (χ2v) is 7.67. The van der Waals surface area contributed by atoms with Gasteiger partial charge in [-0.15, -0.1) is 0 Å². The van der Waals surface area contributed by atoms with Crippen molar-refractivity contribution in [1.29, 1.82) is 0 Å². The van der Waals surface area contributed by atoms with Crippen molar-refractivity contribution in [3.05, 3.63) is 47.0 Å². The summed E-state index contributed by atoms with van der Waals surface area (Å²) in [6.45, 7) is 6.01. The van der Waals surface area contributed by atoms with Gasteiger partial charge >= 0.3 is 0 Å². The first-order valence-electron chi connectivity index (χ1n) is 10.8. The summed E-state index contributed by atoms with van der Waals surface area (Å²) in [7, 11) is 0. The Morgan fingerprint density at radius 2 is 1.93 bits per heavy atom. The molecule has 2 aliphatic rings. The molecule has 152 valence electrons. The van der Waals surface area contributed by atoms with E-state index in [0.29, 0.717) is 13.0 Å². The largest absolute Gasteiger partial charge is 0.357 e. The minimum atomic E-state index is 0.230. The molecule has 0 atom stereocenters. The molecule has 1 aliphatic carbocycles. The summed E-state index contributed by atoms with van der Waals surface area (Å²) in [5, 5.41) is 6.73. The molecule has 3 rings (SSSR count). The molecule has 2 N–H and O–H groups in total. The molecule has 28 heavy (non-hydrogen) atoms. The molecule has 0 radical (unpaired) electrons. The molecule has 0 saturated heterocycles. The zero-order valence-corrected chi connectivity index (χ0v) is 17.2. The van der Waals surface area contributed by atoms with Gasteiger partial charge in [-0.05, 0) is 56.6 Å². The van der Waals surface area contributed by atoms with Crippen LogP contribution in [0.2, 0.25) is 0 Å². The molecule has 0 fully saturated rings. The van der Waals surface area contributed by atoms with Gasteiger partial charge in [-0.1, -0.05) is 35.9 Å². The maximum atomic E-state index is 12.5. The second kappa shape index (κ2) is 10.9. The molecule has 0 aromatic heterocycles. The average Bonchev–Trinajstić information content (AvgIpc) is 3.16. The number of nitrogens with one attached hydrogen (secondary N) is 2. The highest BCUT2D eigenvalue weighted by molar-refractivity contribution is 5.80. The van der Waals surface area contributed by atoms with Crippen LogP contribution in [0, 0.1) is 0 Å². The third kappa shape index (κ3) is 6.11. The fraction of sp³-hybridized carbons (Fsp3) is 0.565. The number of aliphatic imine (C=N–C) groups is 1. The lowest BCUT2D eigenvalue weighted by atomic mass is 9.97. The van der Waals surface area contributed by atoms with Crippen LogP contribution in [0.15, 0.2) is 40.9 Å². The minimum absolute atomic E-state index is 0.230. The standard InChI is InChI=1S/C23H34N4O/c1-2-24-23(26-16-14-19-9-4-3-5-10-19)25-15-8-13-22(28)27-17-20-11-6-7-12-21(20)18-27/h6-7,9,11-12H,2-5,8,10,13-18H2,1H3,(H2,24,25,26). The van der Waals surface area contributed by atoms with Crippen molar-refractivity contribution in [1.82, 2.24) is 15.5 Å². The van der Waals surface area contributed by atoms with Gasteiger partial charge in [-0.3, -0.25) is 9.79 Å². The van der Waals surface area contributed by atoms with E-state index in [-0.39, 0.29) is 5.91 Å². The predicted molar refractivity (Wildman–Crippen MR) is 115 cm³/mol. The van der Waals surface area contributed by atoms with Crippen LogP contribution in [-0.2, 0) is 17.9 Å². The molecule has 1 aromatic carbocycles. The molecule has 0 saturated carbocycles. The maximum Gasteiger partial charge on any atom is 0.223 e. The van der Waals surface area contributed by atoms with Crippen LogP contribution in [0.5, 0.6) is 0 Å². The molecule has 0 unspecified atom stereocenters. The fourth-order valence-electron chi connectivity index (χ4n) is 3.90. The lowest BCUT2D eigenvalue weighted by Crippen LogP contribution is -2.38. The van der Waals surface area contributed by atoms with E-state index in [2.05, 4.69) is 40.8 Å². The SMILES string of the molecule is CCNC(=NCCCC(=O)N1Cc2ccccc2C1)NCCC1=CCCCC1. The Bertz CT molecular complexity index is 685. The highest BCUT2D eigenvalue weighted by Crippen LogP contribution is 2.23. The molecule has 1 aliphatic heterocycles. The third-order valence-corrected chi connectivity index (χ3v) is 5.48. The van der Waals surface area contributed by atoms with Gasteiger partial charge < -0.3 is 15.5 Å². The Balaban J connectivity index is 1.36. The Morgan fingerprint density at radius 3 is 2.61 bits per heavy atom. The molecule has 0 bridgehead atoms. The molecule has 1 amide bonds. The van der Waals surface area contributed by atoms with E-state index < -0.39 is 0 Å². The average molecular weight is 383 g/mol. The van der Waals surface area contributed by atoms with Crippen LogP contribution in [0.25, 0.3) is 0 Å². The first kappa shape index (κ1) is 20.4. The quantitative estimate of drug-likeness (QED) is 0.312. The van der Waals surface area contributed by atoms with Gasteiger partial charge in [-0.2, -0.15) is 0 Å². The number of hydrogen-bond acceptors (Lipinski definition) is 2. The van der Waals surface area contributed by atoms with Crippen molar-refractivity contribution in [2.75, 3.05) is 19.6 Å². The highest BCUT2D eigenvalue weighted by Gasteiger charge is 2.22. The number of fused-ring (bicyclic) bond motifs is 1. The van der Waals surface area contributed by atoms with Gasteiger partial charge in [0.2, 0.25) is 5.91 Å². The Kier molecular flexibility index (Phi) is 7.94. The van der Waals surface area contributed by atoms with E-state index in [0.717, 1.165) is 45.0 Å². The van der Waals surface area contributed by atoms with E-state index in [1.807, 2.05) is 17.0 Å². The zero-order chi connectivity index (χ0) is 19.6. The molecular weight excluding hydrogens is 348 g/mol. The van der Waals surface area contributed by atoms with Crippen LogP contribution in [0.4, 0.5) is 0 Å². The zero-order valence-electron chi connectivity index (χ0n) is 17.2. The van der Waals surface area contributed by atoms with Gasteiger partial charge in [0.25, 0.3) is 0 Å². The summed E-state index contributed by atoms with van der Waals surface area (Å²) in [6.07, 6.45) is 9.99. The Hall–Kier alpha value is -2.30. The number of nitrogens with zero attached hydrogens (tertiary/aromatic N) is 2. The van der Waals surface area contributed by atoms with Gasteiger partial charge in [0.1, 0.15) is 0 Å². The van der Waals surface area contributed by atoms with Crippen molar-refractivity contribution in [3.8, 4) is 0 Å². The highest BCUT2D eigenvalue weighted by atomic mass is 16.2. The van der Waals surface area contributed by atoms with Crippen LogP contribution >= 0.6 is 0 Å². The monoisotopic (exact) mass is 382 g/mol. The van der Waals surface area contributed by atoms with Crippen LogP contribution in [-0.4, -0.2) is 36.4 Å². The molecule has 5 nitrogen and oxygen atoms in total. The summed E-state index contributed by atoms with van der Waals surface area (Å²) >= 11 is 0. The van der Waals surface area contributed by atoms with Gasteiger partial charge in [-0.25, -0.2) is 0 Å². The molecular formula is C23H34N4O. The van der Waals surface area contributed by atoms with Crippen molar-refractivity contribution in [2.24, 2.45) is 4.99 Å². The van der Waals surface area contributed by atoms with Crippen molar-refractivity contribution in [3.63, 3.8) is 0 Å². The van der Waals surface area contributed by atoms with Crippen molar-refractivity contribution >= 4 is 11.9 Å². The van der Waals surface area contributed by atoms with Gasteiger partial charge in [0.15, 0.2) is 5.96 Å². The lowest BCUT2D eigenvalue weighted by Gasteiger charge is -2.16. The smallest absolute Gasteiger partial charge is 0.223 e. The Labute approximate surface area is 169 Å².